The fourth-order valence-electron chi connectivity index (χ4n) is 1.97. The van der Waals surface area contributed by atoms with Gasteiger partial charge in [-0.3, -0.25) is 9.48 Å². The first-order valence-corrected chi connectivity index (χ1v) is 9.90. The summed E-state index contributed by atoms with van der Waals surface area (Å²) in [5.41, 5.74) is 1.10. The molecule has 3 rings (SSSR count). The van der Waals surface area contributed by atoms with E-state index in [4.69, 9.17) is 0 Å². The lowest BCUT2D eigenvalue weighted by Crippen LogP contribution is -2.11. The molecule has 0 aliphatic carbocycles. The standard InChI is InChI=1S/C13H12N2O3S3/c1-21(17,18)5-3-15-7-9(8-16)13(14-15)12-6-11-10(20-12)2-4-19-11/h2,4,6-8H,3,5H2,1H3. The Morgan fingerprint density at radius 3 is 2.86 bits per heavy atom. The van der Waals surface area contributed by atoms with E-state index >= 15 is 0 Å². The van der Waals surface area contributed by atoms with Gasteiger partial charge in [-0.2, -0.15) is 5.10 Å². The maximum absolute atomic E-state index is 11.2. The van der Waals surface area contributed by atoms with Gasteiger partial charge in [0.25, 0.3) is 0 Å². The molecular formula is C13H12N2O3S3. The molecule has 21 heavy (non-hydrogen) atoms. The second-order valence-electron chi connectivity index (χ2n) is 4.70. The first kappa shape index (κ1) is 14.4. The maximum Gasteiger partial charge on any atom is 0.153 e. The number of hydrogen-bond donors (Lipinski definition) is 0. The van der Waals surface area contributed by atoms with Crippen LogP contribution in [0.2, 0.25) is 0 Å². The average molecular weight is 340 g/mol. The van der Waals surface area contributed by atoms with Gasteiger partial charge in [-0.15, -0.1) is 22.7 Å². The van der Waals surface area contributed by atoms with Crippen LogP contribution in [0.1, 0.15) is 10.4 Å². The molecule has 0 bridgehead atoms. The van der Waals surface area contributed by atoms with Crippen molar-refractivity contribution in [3.63, 3.8) is 0 Å². The molecule has 5 nitrogen and oxygen atoms in total. The van der Waals surface area contributed by atoms with Crippen LogP contribution in [-0.4, -0.2) is 36.5 Å². The van der Waals surface area contributed by atoms with Crippen LogP contribution in [0.25, 0.3) is 20.0 Å². The van der Waals surface area contributed by atoms with Crippen molar-refractivity contribution >= 4 is 48.2 Å². The topological polar surface area (TPSA) is 69.0 Å². The Morgan fingerprint density at radius 1 is 1.38 bits per heavy atom. The molecule has 0 saturated carbocycles. The highest BCUT2D eigenvalue weighted by Crippen LogP contribution is 2.36. The number of carbonyl (C=O) groups excluding carboxylic acids is 1. The molecule has 8 heteroatoms. The van der Waals surface area contributed by atoms with Gasteiger partial charge in [-0.1, -0.05) is 0 Å². The minimum atomic E-state index is -3.05. The lowest BCUT2D eigenvalue weighted by Gasteiger charge is -1.98. The molecule has 0 N–H and O–H groups in total. The highest BCUT2D eigenvalue weighted by Gasteiger charge is 2.15. The summed E-state index contributed by atoms with van der Waals surface area (Å²) in [6.45, 7) is 0.249. The number of aldehydes is 1. The van der Waals surface area contributed by atoms with Crippen LogP contribution in [-0.2, 0) is 16.4 Å². The molecule has 3 aromatic heterocycles. The minimum absolute atomic E-state index is 0.00590. The van der Waals surface area contributed by atoms with Gasteiger partial charge in [0.05, 0.1) is 22.7 Å². The van der Waals surface area contributed by atoms with Gasteiger partial charge < -0.3 is 0 Å². The highest BCUT2D eigenvalue weighted by molar-refractivity contribution is 7.90. The predicted molar refractivity (Wildman–Crippen MR) is 86.0 cm³/mol. The Bertz CT molecular complexity index is 874. The van der Waals surface area contributed by atoms with Crippen molar-refractivity contribution in [2.24, 2.45) is 0 Å². The summed E-state index contributed by atoms with van der Waals surface area (Å²) >= 11 is 3.23. The van der Waals surface area contributed by atoms with Crippen LogP contribution < -0.4 is 0 Å². The summed E-state index contributed by atoms with van der Waals surface area (Å²) in [7, 11) is -3.05. The Labute approximate surface area is 129 Å². The van der Waals surface area contributed by atoms with Gasteiger partial charge in [0.15, 0.2) is 6.29 Å². The molecule has 0 radical (unpaired) electrons. The maximum atomic E-state index is 11.2. The van der Waals surface area contributed by atoms with Gasteiger partial charge in [0, 0.05) is 21.9 Å². The summed E-state index contributed by atoms with van der Waals surface area (Å²) < 4.78 is 26.3. The first-order valence-electron chi connectivity index (χ1n) is 6.14. The summed E-state index contributed by atoms with van der Waals surface area (Å²) in [4.78, 5) is 12.1. The van der Waals surface area contributed by atoms with Gasteiger partial charge in [0.2, 0.25) is 0 Å². The zero-order chi connectivity index (χ0) is 15.0. The molecule has 0 saturated heterocycles. The van der Waals surface area contributed by atoms with E-state index < -0.39 is 9.84 Å². The van der Waals surface area contributed by atoms with Crippen molar-refractivity contribution in [3.8, 4) is 10.6 Å². The largest absolute Gasteiger partial charge is 0.298 e. The van der Waals surface area contributed by atoms with E-state index in [9.17, 15) is 13.2 Å². The lowest BCUT2D eigenvalue weighted by molar-refractivity contribution is 0.112. The number of nitrogens with zero attached hydrogens (tertiary/aromatic N) is 2. The number of sulfone groups is 1. The molecule has 0 spiro atoms. The molecular weight excluding hydrogens is 328 g/mol. The van der Waals surface area contributed by atoms with Crippen LogP contribution in [0.5, 0.6) is 0 Å². The summed E-state index contributed by atoms with van der Waals surface area (Å²) in [5, 5.41) is 6.39. The zero-order valence-corrected chi connectivity index (χ0v) is 13.6. The normalized spacial score (nSPS) is 12.0. The summed E-state index contributed by atoms with van der Waals surface area (Å²) in [5.74, 6) is 0.00590. The number of carbonyl (C=O) groups is 1. The Hall–Kier alpha value is -1.51. The second kappa shape index (κ2) is 5.36. The van der Waals surface area contributed by atoms with E-state index in [2.05, 4.69) is 5.10 Å². The average Bonchev–Trinajstić information content (AvgIpc) is 3.08. The van der Waals surface area contributed by atoms with Gasteiger partial charge >= 0.3 is 0 Å². The summed E-state index contributed by atoms with van der Waals surface area (Å²) in [6.07, 6.45) is 3.54. The number of fused-ring (bicyclic) bond motifs is 1. The number of aryl methyl sites for hydroxylation is 1. The quantitative estimate of drug-likeness (QED) is 0.670. The Balaban J connectivity index is 1.96. The number of thiophene rings is 2. The van der Waals surface area contributed by atoms with Crippen molar-refractivity contribution in [2.45, 2.75) is 6.54 Å². The molecule has 0 aliphatic heterocycles. The van der Waals surface area contributed by atoms with Crippen molar-refractivity contribution in [1.29, 1.82) is 0 Å². The summed E-state index contributed by atoms with van der Waals surface area (Å²) in [6, 6.07) is 4.05. The molecule has 3 aromatic rings. The van der Waals surface area contributed by atoms with Crippen LogP contribution in [0.15, 0.2) is 23.7 Å². The minimum Gasteiger partial charge on any atom is -0.298 e. The molecule has 0 aromatic carbocycles. The van der Waals surface area contributed by atoms with E-state index in [1.165, 1.54) is 10.9 Å². The smallest absolute Gasteiger partial charge is 0.153 e. The number of hydrogen-bond acceptors (Lipinski definition) is 6. The van der Waals surface area contributed by atoms with Crippen LogP contribution in [0.4, 0.5) is 0 Å². The third-order valence-corrected chi connectivity index (χ3v) is 6.01. The molecule has 0 fully saturated rings. The van der Waals surface area contributed by atoms with E-state index in [0.717, 1.165) is 20.6 Å². The SMILES string of the molecule is CS(=O)(=O)CCn1cc(C=O)c(-c2cc3sccc3s2)n1. The van der Waals surface area contributed by atoms with E-state index in [0.29, 0.717) is 11.3 Å². The van der Waals surface area contributed by atoms with Gasteiger partial charge in [-0.05, 0) is 17.5 Å². The molecule has 110 valence electrons. The Kier molecular flexibility index (Phi) is 3.68. The molecule has 0 unspecified atom stereocenters. The molecule has 3 heterocycles. The van der Waals surface area contributed by atoms with Crippen molar-refractivity contribution in [2.75, 3.05) is 12.0 Å². The van der Waals surface area contributed by atoms with Crippen LogP contribution in [0, 0.1) is 0 Å². The highest BCUT2D eigenvalue weighted by atomic mass is 32.2. The number of rotatable bonds is 5. The monoisotopic (exact) mass is 340 g/mol. The molecule has 0 aliphatic rings. The van der Waals surface area contributed by atoms with Crippen molar-refractivity contribution < 1.29 is 13.2 Å². The van der Waals surface area contributed by atoms with Gasteiger partial charge in [0.1, 0.15) is 15.5 Å². The van der Waals surface area contributed by atoms with Crippen LogP contribution >= 0.6 is 22.7 Å². The third kappa shape index (κ3) is 3.07. The van der Waals surface area contributed by atoms with Crippen molar-refractivity contribution in [3.05, 3.63) is 29.3 Å². The predicted octanol–water partition coefficient (Wildman–Crippen LogP) is 2.68. The van der Waals surface area contributed by atoms with Gasteiger partial charge in [-0.25, -0.2) is 8.42 Å². The van der Waals surface area contributed by atoms with E-state index in [1.807, 2.05) is 17.5 Å². The van der Waals surface area contributed by atoms with E-state index in [-0.39, 0.29) is 12.3 Å². The fourth-order valence-corrected chi connectivity index (χ4v) is 4.61. The lowest BCUT2D eigenvalue weighted by atomic mass is 10.2. The fraction of sp³-hybridized carbons (Fsp3) is 0.231. The van der Waals surface area contributed by atoms with Crippen LogP contribution in [0.3, 0.4) is 0 Å². The second-order valence-corrected chi connectivity index (χ2v) is 8.99. The van der Waals surface area contributed by atoms with E-state index in [1.54, 1.807) is 28.9 Å². The third-order valence-electron chi connectivity index (χ3n) is 2.98. The zero-order valence-electron chi connectivity index (χ0n) is 11.1. The number of aromatic nitrogens is 2. The van der Waals surface area contributed by atoms with Crippen molar-refractivity contribution in [1.82, 2.24) is 9.78 Å². The molecule has 0 amide bonds. The molecule has 0 atom stereocenters. The Morgan fingerprint density at radius 2 is 2.19 bits per heavy atom. The first-order chi connectivity index (χ1) is 9.96.